The number of hydrazone groups is 1. The van der Waals surface area contributed by atoms with Crippen LogP contribution >= 0.6 is 15.9 Å². The van der Waals surface area contributed by atoms with Crippen LogP contribution in [0.5, 0.6) is 11.5 Å². The van der Waals surface area contributed by atoms with Crippen molar-refractivity contribution in [2.75, 3.05) is 13.7 Å². The van der Waals surface area contributed by atoms with Crippen LogP contribution in [0.15, 0.2) is 58.1 Å². The Kier molecular flexibility index (Phi) is 5.97. The molecule has 6 heteroatoms. The van der Waals surface area contributed by atoms with Crippen LogP contribution in [-0.4, -0.2) is 25.8 Å². The number of amides is 1. The highest BCUT2D eigenvalue weighted by Gasteiger charge is 2.03. The van der Waals surface area contributed by atoms with Crippen LogP contribution in [-0.2, 0) is 4.79 Å². The number of ether oxygens (including phenoxy) is 2. The molecule has 0 aliphatic carbocycles. The lowest BCUT2D eigenvalue weighted by atomic mass is 10.2. The zero-order chi connectivity index (χ0) is 15.8. The van der Waals surface area contributed by atoms with Gasteiger partial charge in [0.1, 0.15) is 11.5 Å². The first-order valence-electron chi connectivity index (χ1n) is 6.52. The topological polar surface area (TPSA) is 59.9 Å². The molecule has 1 amide bonds. The molecule has 5 nitrogen and oxygen atoms in total. The van der Waals surface area contributed by atoms with Gasteiger partial charge in [-0.3, -0.25) is 4.79 Å². The molecule has 0 saturated carbocycles. The minimum Gasteiger partial charge on any atom is -0.497 e. The van der Waals surface area contributed by atoms with Gasteiger partial charge in [0.2, 0.25) is 0 Å². The molecule has 0 saturated heterocycles. The van der Waals surface area contributed by atoms with Crippen molar-refractivity contribution in [3.05, 3.63) is 58.6 Å². The van der Waals surface area contributed by atoms with Crippen molar-refractivity contribution in [3.63, 3.8) is 0 Å². The number of methoxy groups -OCH3 is 1. The van der Waals surface area contributed by atoms with Gasteiger partial charge in [-0.2, -0.15) is 5.10 Å². The summed E-state index contributed by atoms with van der Waals surface area (Å²) in [5.41, 5.74) is 3.23. The first-order valence-corrected chi connectivity index (χ1v) is 7.31. The Labute approximate surface area is 137 Å². The van der Waals surface area contributed by atoms with E-state index in [0.29, 0.717) is 5.75 Å². The summed E-state index contributed by atoms with van der Waals surface area (Å²) in [7, 11) is 1.59. The smallest absolute Gasteiger partial charge is 0.277 e. The first kappa shape index (κ1) is 16.0. The summed E-state index contributed by atoms with van der Waals surface area (Å²) in [5.74, 6) is 0.997. The second-order valence-electron chi connectivity index (χ2n) is 4.29. The molecule has 2 rings (SSSR count). The Morgan fingerprint density at radius 3 is 2.86 bits per heavy atom. The standard InChI is InChI=1S/C16H15BrN2O3/c1-21-13-6-4-5-12(9-13)10-18-19-16(20)11-22-15-8-3-2-7-14(15)17/h2-10H,11H2,1H3,(H,19,20). The third-order valence-electron chi connectivity index (χ3n) is 2.69. The highest BCUT2D eigenvalue weighted by molar-refractivity contribution is 9.10. The number of halogens is 1. The molecule has 0 aliphatic heterocycles. The van der Waals surface area contributed by atoms with Crippen LogP contribution in [0.1, 0.15) is 5.56 Å². The Morgan fingerprint density at radius 1 is 1.27 bits per heavy atom. The normalized spacial score (nSPS) is 10.5. The van der Waals surface area contributed by atoms with Gasteiger partial charge in [-0.05, 0) is 45.8 Å². The van der Waals surface area contributed by atoms with Crippen molar-refractivity contribution in [1.82, 2.24) is 5.43 Å². The average Bonchev–Trinajstić information content (AvgIpc) is 2.54. The molecule has 0 aliphatic rings. The van der Waals surface area contributed by atoms with Gasteiger partial charge < -0.3 is 9.47 Å². The number of hydrogen-bond acceptors (Lipinski definition) is 4. The predicted molar refractivity (Wildman–Crippen MR) is 88.4 cm³/mol. The molecule has 2 aromatic rings. The fourth-order valence-corrected chi connectivity index (χ4v) is 2.04. The predicted octanol–water partition coefficient (Wildman–Crippen LogP) is 2.99. The third kappa shape index (κ3) is 4.89. The van der Waals surface area contributed by atoms with Crippen LogP contribution in [0.25, 0.3) is 0 Å². The van der Waals surface area contributed by atoms with E-state index >= 15 is 0 Å². The number of carbonyl (C=O) groups excluding carboxylic acids is 1. The average molecular weight is 363 g/mol. The van der Waals surface area contributed by atoms with E-state index < -0.39 is 0 Å². The van der Waals surface area contributed by atoms with E-state index in [0.717, 1.165) is 15.8 Å². The van der Waals surface area contributed by atoms with Gasteiger partial charge in [-0.1, -0.05) is 24.3 Å². The molecule has 0 bridgehead atoms. The lowest BCUT2D eigenvalue weighted by molar-refractivity contribution is -0.123. The second kappa shape index (κ2) is 8.19. The summed E-state index contributed by atoms with van der Waals surface area (Å²) in [6.45, 7) is -0.113. The molecular weight excluding hydrogens is 348 g/mol. The van der Waals surface area contributed by atoms with Crippen molar-refractivity contribution in [3.8, 4) is 11.5 Å². The zero-order valence-corrected chi connectivity index (χ0v) is 13.5. The summed E-state index contributed by atoms with van der Waals surface area (Å²) in [5, 5.41) is 3.88. The maximum absolute atomic E-state index is 11.7. The Hall–Kier alpha value is -2.34. The summed E-state index contributed by atoms with van der Waals surface area (Å²) in [6, 6.07) is 14.7. The number of para-hydroxylation sites is 1. The molecular formula is C16H15BrN2O3. The molecule has 0 atom stereocenters. The summed E-state index contributed by atoms with van der Waals surface area (Å²) < 4.78 is 11.3. The van der Waals surface area contributed by atoms with Crippen molar-refractivity contribution < 1.29 is 14.3 Å². The van der Waals surface area contributed by atoms with Crippen molar-refractivity contribution in [1.29, 1.82) is 0 Å². The minimum atomic E-state index is -0.338. The summed E-state index contributed by atoms with van der Waals surface area (Å²) in [4.78, 5) is 11.7. The van der Waals surface area contributed by atoms with Gasteiger partial charge in [0.05, 0.1) is 17.8 Å². The molecule has 0 radical (unpaired) electrons. The molecule has 0 spiro atoms. The number of hydrogen-bond donors (Lipinski definition) is 1. The van der Waals surface area contributed by atoms with Gasteiger partial charge in [0.25, 0.3) is 5.91 Å². The molecule has 0 fully saturated rings. The largest absolute Gasteiger partial charge is 0.497 e. The quantitative estimate of drug-likeness (QED) is 0.634. The molecule has 1 N–H and O–H groups in total. The van der Waals surface area contributed by atoms with E-state index in [-0.39, 0.29) is 12.5 Å². The van der Waals surface area contributed by atoms with Gasteiger partial charge in [0.15, 0.2) is 6.61 Å². The van der Waals surface area contributed by atoms with E-state index in [1.165, 1.54) is 0 Å². The number of rotatable bonds is 6. The van der Waals surface area contributed by atoms with Gasteiger partial charge in [-0.15, -0.1) is 0 Å². The second-order valence-corrected chi connectivity index (χ2v) is 5.14. The Balaban J connectivity index is 1.82. The van der Waals surface area contributed by atoms with Crippen molar-refractivity contribution in [2.24, 2.45) is 5.10 Å². The molecule has 22 heavy (non-hydrogen) atoms. The van der Waals surface area contributed by atoms with Gasteiger partial charge >= 0.3 is 0 Å². The summed E-state index contributed by atoms with van der Waals surface area (Å²) in [6.07, 6.45) is 1.54. The maximum atomic E-state index is 11.7. The first-order chi connectivity index (χ1) is 10.7. The zero-order valence-electron chi connectivity index (χ0n) is 12.0. The molecule has 2 aromatic carbocycles. The van der Waals surface area contributed by atoms with E-state index in [1.807, 2.05) is 42.5 Å². The fraction of sp³-hybridized carbons (Fsp3) is 0.125. The maximum Gasteiger partial charge on any atom is 0.277 e. The molecule has 114 valence electrons. The number of carbonyl (C=O) groups is 1. The van der Waals surface area contributed by atoms with E-state index in [1.54, 1.807) is 19.4 Å². The van der Waals surface area contributed by atoms with E-state index in [4.69, 9.17) is 9.47 Å². The molecule has 0 aromatic heterocycles. The molecule has 0 unspecified atom stereocenters. The lowest BCUT2D eigenvalue weighted by Crippen LogP contribution is -2.24. The molecule has 0 heterocycles. The number of nitrogens with one attached hydrogen (secondary N) is 1. The highest BCUT2D eigenvalue weighted by atomic mass is 79.9. The SMILES string of the molecule is COc1cccc(C=NNC(=O)COc2ccccc2Br)c1. The van der Waals surface area contributed by atoms with E-state index in [2.05, 4.69) is 26.5 Å². The Morgan fingerprint density at radius 2 is 2.09 bits per heavy atom. The third-order valence-corrected chi connectivity index (χ3v) is 3.35. The monoisotopic (exact) mass is 362 g/mol. The van der Waals surface area contributed by atoms with Gasteiger partial charge in [0, 0.05) is 0 Å². The van der Waals surface area contributed by atoms with Crippen LogP contribution in [0, 0.1) is 0 Å². The van der Waals surface area contributed by atoms with Crippen LogP contribution in [0.2, 0.25) is 0 Å². The summed E-state index contributed by atoms with van der Waals surface area (Å²) >= 11 is 3.35. The van der Waals surface area contributed by atoms with Gasteiger partial charge in [-0.25, -0.2) is 5.43 Å². The van der Waals surface area contributed by atoms with Crippen LogP contribution in [0.3, 0.4) is 0 Å². The van der Waals surface area contributed by atoms with Crippen molar-refractivity contribution in [2.45, 2.75) is 0 Å². The Bertz CT molecular complexity index is 674. The number of benzene rings is 2. The minimum absolute atomic E-state index is 0.113. The van der Waals surface area contributed by atoms with E-state index in [9.17, 15) is 4.79 Å². The number of nitrogens with zero attached hydrogens (tertiary/aromatic N) is 1. The highest BCUT2D eigenvalue weighted by Crippen LogP contribution is 2.23. The lowest BCUT2D eigenvalue weighted by Gasteiger charge is -2.06. The van der Waals surface area contributed by atoms with Crippen LogP contribution in [0.4, 0.5) is 0 Å². The van der Waals surface area contributed by atoms with Crippen LogP contribution < -0.4 is 14.9 Å². The fourth-order valence-electron chi connectivity index (χ4n) is 1.64. The van der Waals surface area contributed by atoms with Crippen molar-refractivity contribution >= 4 is 28.1 Å².